The molecule has 1 nitrogen and oxygen atoms in total. The fourth-order valence-corrected chi connectivity index (χ4v) is 5.42. The molecule has 0 aliphatic heterocycles. The first-order valence-electron chi connectivity index (χ1n) is 6.67. The first-order chi connectivity index (χ1) is 7.12. The summed E-state index contributed by atoms with van der Waals surface area (Å²) in [6, 6.07) is 0. The molecule has 2 fully saturated rings. The van der Waals surface area contributed by atoms with Crippen LogP contribution in [0.1, 0.15) is 47.5 Å². The Balaban J connectivity index is 2.32. The van der Waals surface area contributed by atoms with Crippen LogP contribution in [0.5, 0.6) is 0 Å². The summed E-state index contributed by atoms with van der Waals surface area (Å²) in [5, 5.41) is 0. The minimum Gasteiger partial charge on any atom is -0.325 e. The lowest BCUT2D eigenvalue weighted by molar-refractivity contribution is 0.0559. The van der Waals surface area contributed by atoms with E-state index in [2.05, 4.69) is 43.9 Å². The molecule has 0 heterocycles. The predicted molar refractivity (Wildman–Crippen MR) is 74.4 cm³/mol. The van der Waals surface area contributed by atoms with E-state index < -0.39 is 0 Å². The van der Waals surface area contributed by atoms with Gasteiger partial charge in [-0.3, -0.25) is 0 Å². The average Bonchev–Trinajstić information content (AvgIpc) is 2.55. The van der Waals surface area contributed by atoms with Gasteiger partial charge in [0.1, 0.15) is 0 Å². The van der Waals surface area contributed by atoms with Crippen LogP contribution in [0.3, 0.4) is 0 Å². The van der Waals surface area contributed by atoms with Gasteiger partial charge < -0.3 is 5.73 Å². The minimum absolute atomic E-state index is 0.0212. The van der Waals surface area contributed by atoms with Crippen molar-refractivity contribution in [2.75, 3.05) is 0 Å². The molecule has 6 unspecified atom stereocenters. The molecule has 2 N–H and O–H groups in total. The monoisotopic (exact) mass is 241 g/mol. The molecule has 2 aliphatic rings. The summed E-state index contributed by atoms with van der Waals surface area (Å²) in [4.78, 5) is 0. The summed E-state index contributed by atoms with van der Waals surface area (Å²) < 4.78 is 0. The second kappa shape index (κ2) is 3.69. The lowest BCUT2D eigenvalue weighted by Gasteiger charge is -2.47. The van der Waals surface area contributed by atoms with Gasteiger partial charge in [-0.1, -0.05) is 20.8 Å². The van der Waals surface area contributed by atoms with Gasteiger partial charge in [0.25, 0.3) is 0 Å². The van der Waals surface area contributed by atoms with Gasteiger partial charge in [0, 0.05) is 5.54 Å². The smallest absolute Gasteiger partial charge is 0.0131 e. The molecule has 0 radical (unpaired) electrons. The van der Waals surface area contributed by atoms with E-state index in [0.717, 1.165) is 23.4 Å². The molecule has 2 saturated carbocycles. The van der Waals surface area contributed by atoms with Crippen molar-refractivity contribution >= 4 is 9.24 Å². The maximum absolute atomic E-state index is 6.47. The van der Waals surface area contributed by atoms with Gasteiger partial charge in [-0.15, -0.1) is 9.24 Å². The maximum atomic E-state index is 6.47. The fraction of sp³-hybridized carbons (Fsp3) is 1.00. The highest BCUT2D eigenvalue weighted by Gasteiger charge is 2.57. The van der Waals surface area contributed by atoms with Crippen LogP contribution in [-0.4, -0.2) is 11.2 Å². The highest BCUT2D eigenvalue weighted by molar-refractivity contribution is 7.17. The quantitative estimate of drug-likeness (QED) is 0.700. The van der Waals surface area contributed by atoms with Gasteiger partial charge in [0.15, 0.2) is 0 Å². The zero-order chi connectivity index (χ0) is 12.3. The van der Waals surface area contributed by atoms with E-state index in [0.29, 0.717) is 11.3 Å². The Morgan fingerprint density at radius 2 is 1.56 bits per heavy atom. The van der Waals surface area contributed by atoms with Crippen LogP contribution in [0, 0.1) is 29.1 Å². The Kier molecular flexibility index (Phi) is 2.96. The molecule has 0 spiro atoms. The third-order valence-corrected chi connectivity index (χ3v) is 5.68. The second-order valence-electron chi connectivity index (χ2n) is 7.80. The summed E-state index contributed by atoms with van der Waals surface area (Å²) >= 11 is 0. The Morgan fingerprint density at radius 3 is 2.00 bits per heavy atom. The van der Waals surface area contributed by atoms with E-state index in [1.165, 1.54) is 12.8 Å². The molecule has 0 aromatic rings. The first-order valence-corrected chi connectivity index (χ1v) is 7.33. The lowest BCUT2D eigenvalue weighted by Crippen LogP contribution is -2.52. The molecule has 2 aliphatic carbocycles. The molecule has 16 heavy (non-hydrogen) atoms. The van der Waals surface area contributed by atoms with Gasteiger partial charge in [-0.2, -0.15) is 0 Å². The summed E-state index contributed by atoms with van der Waals surface area (Å²) in [7, 11) is 3.07. The highest BCUT2D eigenvalue weighted by atomic mass is 31.0. The summed E-state index contributed by atoms with van der Waals surface area (Å²) in [6.07, 6.45) is 2.82. The van der Waals surface area contributed by atoms with E-state index in [-0.39, 0.29) is 5.54 Å². The zero-order valence-corrected chi connectivity index (χ0v) is 12.6. The van der Waals surface area contributed by atoms with Crippen LogP contribution >= 0.6 is 9.24 Å². The van der Waals surface area contributed by atoms with Crippen LogP contribution < -0.4 is 5.73 Å². The van der Waals surface area contributed by atoms with Crippen LogP contribution in [-0.2, 0) is 0 Å². The van der Waals surface area contributed by atoms with Crippen molar-refractivity contribution < 1.29 is 0 Å². The lowest BCUT2D eigenvalue weighted by atomic mass is 9.61. The topological polar surface area (TPSA) is 26.0 Å². The number of nitrogens with two attached hydrogens (primary N) is 1. The van der Waals surface area contributed by atoms with Crippen molar-refractivity contribution in [3.63, 3.8) is 0 Å². The Hall–Kier alpha value is 0.390. The van der Waals surface area contributed by atoms with Gasteiger partial charge in [0.05, 0.1) is 0 Å². The molecule has 0 aromatic heterocycles. The molecule has 6 atom stereocenters. The summed E-state index contributed by atoms with van der Waals surface area (Å²) in [6.45, 7) is 11.7. The van der Waals surface area contributed by atoms with E-state index in [4.69, 9.17) is 5.73 Å². The third kappa shape index (κ3) is 1.95. The molecule has 94 valence electrons. The number of hydrogen-bond acceptors (Lipinski definition) is 1. The van der Waals surface area contributed by atoms with Crippen LogP contribution in [0.15, 0.2) is 0 Å². The SMILES string of the molecule is CC(C)(C)C1C2CC(P)C(C2)C1C(C)(C)N. The van der Waals surface area contributed by atoms with Crippen molar-refractivity contribution in [3.05, 3.63) is 0 Å². The molecule has 0 saturated heterocycles. The number of fused-ring (bicyclic) bond motifs is 2. The van der Waals surface area contributed by atoms with Crippen molar-refractivity contribution in [3.8, 4) is 0 Å². The number of hydrogen-bond donors (Lipinski definition) is 1. The normalized spacial score (nSPS) is 44.1. The zero-order valence-electron chi connectivity index (χ0n) is 11.5. The molecular formula is C14H28NP. The maximum Gasteiger partial charge on any atom is 0.0131 e. The minimum atomic E-state index is -0.0212. The van der Waals surface area contributed by atoms with Gasteiger partial charge >= 0.3 is 0 Å². The van der Waals surface area contributed by atoms with Crippen molar-refractivity contribution in [1.29, 1.82) is 0 Å². The van der Waals surface area contributed by atoms with Crippen molar-refractivity contribution in [1.82, 2.24) is 0 Å². The standard InChI is InChI=1S/C14H28NP/c1-13(2,3)11-8-6-9(10(16)7-8)12(11)14(4,5)15/h8-12H,6-7,15-16H2,1-5H3. The first kappa shape index (κ1) is 12.8. The fourth-order valence-electron chi connectivity index (χ4n) is 4.67. The predicted octanol–water partition coefficient (Wildman–Crippen LogP) is 3.29. The van der Waals surface area contributed by atoms with Crippen LogP contribution in [0.2, 0.25) is 0 Å². The van der Waals surface area contributed by atoms with Crippen LogP contribution in [0.25, 0.3) is 0 Å². The molecule has 0 amide bonds. The van der Waals surface area contributed by atoms with E-state index >= 15 is 0 Å². The molecule has 0 aromatic carbocycles. The van der Waals surface area contributed by atoms with Crippen molar-refractivity contribution in [2.24, 2.45) is 34.8 Å². The number of rotatable bonds is 1. The van der Waals surface area contributed by atoms with Crippen LogP contribution in [0.4, 0.5) is 0 Å². The summed E-state index contributed by atoms with van der Waals surface area (Å²) in [5.74, 6) is 3.28. The van der Waals surface area contributed by atoms with Crippen molar-refractivity contribution in [2.45, 2.75) is 58.7 Å². The van der Waals surface area contributed by atoms with Gasteiger partial charge in [-0.05, 0) is 61.4 Å². The Morgan fingerprint density at radius 1 is 1.00 bits per heavy atom. The van der Waals surface area contributed by atoms with E-state index in [1.54, 1.807) is 0 Å². The van der Waals surface area contributed by atoms with E-state index in [1.807, 2.05) is 0 Å². The molecule has 2 heteroatoms. The third-order valence-electron chi connectivity index (χ3n) is 4.91. The molecular weight excluding hydrogens is 213 g/mol. The molecule has 2 rings (SSSR count). The van der Waals surface area contributed by atoms with E-state index in [9.17, 15) is 0 Å². The largest absolute Gasteiger partial charge is 0.325 e. The second-order valence-corrected chi connectivity index (χ2v) is 8.65. The molecule has 2 bridgehead atoms. The summed E-state index contributed by atoms with van der Waals surface area (Å²) in [5.41, 5.74) is 7.67. The Bertz CT molecular complexity index is 273. The Labute approximate surface area is 103 Å². The van der Waals surface area contributed by atoms with Gasteiger partial charge in [-0.25, -0.2) is 0 Å². The van der Waals surface area contributed by atoms with Gasteiger partial charge in [0.2, 0.25) is 0 Å². The highest BCUT2D eigenvalue weighted by Crippen LogP contribution is 2.61. The average molecular weight is 241 g/mol.